The Hall–Kier alpha value is -1.98. The van der Waals surface area contributed by atoms with Gasteiger partial charge < -0.3 is 10.3 Å². The van der Waals surface area contributed by atoms with E-state index < -0.39 is 0 Å². The molecular formula is C17H19N3OS. The number of amides is 1. The molecule has 2 aromatic rings. The number of likely N-dealkylation sites (tertiary alicyclic amines) is 1. The summed E-state index contributed by atoms with van der Waals surface area (Å²) in [5.41, 5.74) is 1.85. The van der Waals surface area contributed by atoms with E-state index in [2.05, 4.69) is 39.5 Å². The number of nitrogens with zero attached hydrogens (tertiary/aromatic N) is 1. The number of H-pyrrole nitrogens is 1. The molecule has 5 heteroatoms. The quantitative estimate of drug-likeness (QED) is 0.853. The van der Waals surface area contributed by atoms with Gasteiger partial charge in [0.15, 0.2) is 0 Å². The monoisotopic (exact) mass is 313 g/mol. The van der Waals surface area contributed by atoms with E-state index in [9.17, 15) is 4.79 Å². The lowest BCUT2D eigenvalue weighted by atomic mass is 10.2. The number of carbonyl (C=O) groups is 1. The minimum absolute atomic E-state index is 0.0894. The van der Waals surface area contributed by atoms with Gasteiger partial charge in [0.25, 0.3) is 5.91 Å². The van der Waals surface area contributed by atoms with E-state index >= 15 is 0 Å². The summed E-state index contributed by atoms with van der Waals surface area (Å²) in [6.07, 6.45) is 2.71. The molecule has 0 radical (unpaired) electrons. The Balaban J connectivity index is 1.56. The number of hydrogen-bond acceptors (Lipinski definition) is 3. The van der Waals surface area contributed by atoms with E-state index in [0.29, 0.717) is 10.2 Å². The molecule has 4 nitrogen and oxygen atoms in total. The van der Waals surface area contributed by atoms with Crippen LogP contribution in [0.5, 0.6) is 0 Å². The number of rotatable bonds is 4. The van der Waals surface area contributed by atoms with E-state index in [1.807, 2.05) is 6.07 Å². The fourth-order valence-corrected chi connectivity index (χ4v) is 3.03. The normalized spacial score (nSPS) is 18.3. The largest absolute Gasteiger partial charge is 0.352 e. The first-order chi connectivity index (χ1) is 10.7. The molecule has 1 aromatic carbocycles. The molecule has 0 bridgehead atoms. The Morgan fingerprint density at radius 2 is 2.09 bits per heavy atom. The second-order valence-electron chi connectivity index (χ2n) is 5.59. The fraction of sp³-hybridized carbons (Fsp3) is 0.294. The van der Waals surface area contributed by atoms with Crippen molar-refractivity contribution in [1.29, 1.82) is 0 Å². The van der Waals surface area contributed by atoms with Crippen LogP contribution < -0.4 is 5.32 Å². The molecule has 1 amide bonds. The Morgan fingerprint density at radius 1 is 1.27 bits per heavy atom. The number of hydrogen-bond donors (Lipinski definition) is 2. The zero-order valence-corrected chi connectivity index (χ0v) is 13.1. The number of aromatic amines is 1. The molecule has 1 aliphatic rings. The molecule has 1 atom stereocenters. The van der Waals surface area contributed by atoms with Gasteiger partial charge in [0.2, 0.25) is 0 Å². The van der Waals surface area contributed by atoms with Crippen LogP contribution in [0.1, 0.15) is 22.3 Å². The van der Waals surface area contributed by atoms with Crippen LogP contribution in [0, 0.1) is 4.64 Å². The molecule has 1 aliphatic heterocycles. The van der Waals surface area contributed by atoms with E-state index in [1.54, 1.807) is 18.3 Å². The van der Waals surface area contributed by atoms with Crippen molar-refractivity contribution in [3.63, 3.8) is 0 Å². The number of aromatic nitrogens is 1. The molecule has 0 spiro atoms. The van der Waals surface area contributed by atoms with E-state index in [4.69, 9.17) is 12.2 Å². The van der Waals surface area contributed by atoms with Gasteiger partial charge >= 0.3 is 0 Å². The molecule has 0 aliphatic carbocycles. The SMILES string of the molecule is O=C(NC1CCN(Cc2ccccc2)C1)c1ccc[nH]c1=S. The molecule has 3 rings (SSSR count). The second-order valence-corrected chi connectivity index (χ2v) is 6.00. The van der Waals surface area contributed by atoms with Crippen molar-refractivity contribution in [2.24, 2.45) is 0 Å². The van der Waals surface area contributed by atoms with Gasteiger partial charge in [0.05, 0.1) is 5.56 Å². The highest BCUT2D eigenvalue weighted by molar-refractivity contribution is 7.71. The molecule has 114 valence electrons. The van der Waals surface area contributed by atoms with Crippen molar-refractivity contribution in [2.75, 3.05) is 13.1 Å². The molecule has 1 fully saturated rings. The lowest BCUT2D eigenvalue weighted by Gasteiger charge is -2.16. The Morgan fingerprint density at radius 3 is 2.86 bits per heavy atom. The van der Waals surface area contributed by atoms with Crippen molar-refractivity contribution in [3.05, 3.63) is 64.4 Å². The van der Waals surface area contributed by atoms with Crippen LogP contribution in [0.25, 0.3) is 0 Å². The number of benzene rings is 1. The standard InChI is InChI=1S/C17H19N3OS/c21-16(15-7-4-9-18-17(15)22)19-14-8-10-20(12-14)11-13-5-2-1-3-6-13/h1-7,9,14H,8,10-12H2,(H,18,22)(H,19,21). The highest BCUT2D eigenvalue weighted by Crippen LogP contribution is 2.14. The van der Waals surface area contributed by atoms with E-state index in [-0.39, 0.29) is 11.9 Å². The lowest BCUT2D eigenvalue weighted by Crippen LogP contribution is -2.37. The van der Waals surface area contributed by atoms with Gasteiger partial charge in [-0.3, -0.25) is 9.69 Å². The predicted octanol–water partition coefficient (Wildman–Crippen LogP) is 2.75. The van der Waals surface area contributed by atoms with Crippen LogP contribution in [0.4, 0.5) is 0 Å². The summed E-state index contributed by atoms with van der Waals surface area (Å²) < 4.78 is 0.485. The first-order valence-corrected chi connectivity index (χ1v) is 7.88. The molecule has 0 saturated carbocycles. The van der Waals surface area contributed by atoms with E-state index in [0.717, 1.165) is 26.1 Å². The average Bonchev–Trinajstić information content (AvgIpc) is 2.95. The van der Waals surface area contributed by atoms with Crippen LogP contribution in [0.2, 0.25) is 0 Å². The third kappa shape index (κ3) is 3.61. The minimum atomic E-state index is -0.0894. The minimum Gasteiger partial charge on any atom is -0.352 e. The molecular weight excluding hydrogens is 294 g/mol. The number of carbonyl (C=O) groups excluding carboxylic acids is 1. The summed E-state index contributed by atoms with van der Waals surface area (Å²) in [6.45, 7) is 2.81. The maximum Gasteiger partial charge on any atom is 0.254 e. The first kappa shape index (κ1) is 14.9. The summed E-state index contributed by atoms with van der Waals surface area (Å²) >= 11 is 5.15. The maximum absolute atomic E-state index is 12.3. The lowest BCUT2D eigenvalue weighted by molar-refractivity contribution is 0.0937. The second kappa shape index (κ2) is 6.85. The molecule has 1 saturated heterocycles. The zero-order chi connectivity index (χ0) is 15.4. The van der Waals surface area contributed by atoms with Crippen LogP contribution in [0.15, 0.2) is 48.7 Å². The van der Waals surface area contributed by atoms with Crippen LogP contribution in [-0.2, 0) is 6.54 Å². The van der Waals surface area contributed by atoms with Crippen LogP contribution in [0.3, 0.4) is 0 Å². The Kier molecular flexibility index (Phi) is 4.65. The highest BCUT2D eigenvalue weighted by atomic mass is 32.1. The summed E-state index contributed by atoms with van der Waals surface area (Å²) in [6, 6.07) is 14.1. The molecule has 2 N–H and O–H groups in total. The average molecular weight is 313 g/mol. The summed E-state index contributed by atoms with van der Waals surface area (Å²) in [7, 11) is 0. The Labute approximate surface area is 135 Å². The van der Waals surface area contributed by atoms with Crippen LogP contribution in [-0.4, -0.2) is 34.9 Å². The Bertz CT molecular complexity index is 698. The summed E-state index contributed by atoms with van der Waals surface area (Å²) in [4.78, 5) is 17.5. The number of nitrogens with one attached hydrogen (secondary N) is 2. The van der Waals surface area contributed by atoms with Gasteiger partial charge in [0, 0.05) is 31.9 Å². The van der Waals surface area contributed by atoms with Gasteiger partial charge in [-0.2, -0.15) is 0 Å². The van der Waals surface area contributed by atoms with Gasteiger partial charge in [-0.1, -0.05) is 42.5 Å². The van der Waals surface area contributed by atoms with Crippen molar-refractivity contribution in [1.82, 2.24) is 15.2 Å². The van der Waals surface area contributed by atoms with Gasteiger partial charge in [-0.15, -0.1) is 0 Å². The number of pyridine rings is 1. The third-order valence-electron chi connectivity index (χ3n) is 3.92. The van der Waals surface area contributed by atoms with Gasteiger partial charge in [0.1, 0.15) is 4.64 Å². The predicted molar refractivity (Wildman–Crippen MR) is 89.2 cm³/mol. The third-order valence-corrected chi connectivity index (χ3v) is 4.26. The van der Waals surface area contributed by atoms with Crippen molar-refractivity contribution in [3.8, 4) is 0 Å². The summed E-state index contributed by atoms with van der Waals surface area (Å²) in [5, 5.41) is 3.08. The van der Waals surface area contributed by atoms with Gasteiger partial charge in [-0.25, -0.2) is 0 Å². The fourth-order valence-electron chi connectivity index (χ4n) is 2.80. The topological polar surface area (TPSA) is 48.1 Å². The first-order valence-electron chi connectivity index (χ1n) is 7.47. The molecule has 2 heterocycles. The van der Waals surface area contributed by atoms with E-state index in [1.165, 1.54) is 5.56 Å². The van der Waals surface area contributed by atoms with Crippen molar-refractivity contribution >= 4 is 18.1 Å². The molecule has 1 unspecified atom stereocenters. The maximum atomic E-state index is 12.3. The zero-order valence-electron chi connectivity index (χ0n) is 12.3. The van der Waals surface area contributed by atoms with Gasteiger partial charge in [-0.05, 0) is 24.1 Å². The van der Waals surface area contributed by atoms with Crippen molar-refractivity contribution in [2.45, 2.75) is 19.0 Å². The van der Waals surface area contributed by atoms with Crippen molar-refractivity contribution < 1.29 is 4.79 Å². The highest BCUT2D eigenvalue weighted by Gasteiger charge is 2.24. The van der Waals surface area contributed by atoms with Crippen LogP contribution >= 0.6 is 12.2 Å². The summed E-state index contributed by atoms with van der Waals surface area (Å²) in [5.74, 6) is -0.0894. The smallest absolute Gasteiger partial charge is 0.254 e. The molecule has 22 heavy (non-hydrogen) atoms. The molecule has 1 aromatic heterocycles.